The molecule has 2 fully saturated rings. The molecule has 0 radical (unpaired) electrons. The molecular weight excluding hydrogens is 328 g/mol. The molecule has 0 aliphatic heterocycles. The fourth-order valence-corrected chi connectivity index (χ4v) is 4.70. The first kappa shape index (κ1) is 17.0. The summed E-state index contributed by atoms with van der Waals surface area (Å²) in [6.45, 7) is 5.23. The van der Waals surface area contributed by atoms with Gasteiger partial charge in [-0.2, -0.15) is 0 Å². The third-order valence-corrected chi connectivity index (χ3v) is 6.33. The lowest BCUT2D eigenvalue weighted by Crippen LogP contribution is -2.41. The van der Waals surface area contributed by atoms with Crippen molar-refractivity contribution in [2.24, 2.45) is 5.92 Å². The van der Waals surface area contributed by atoms with Gasteiger partial charge in [-0.15, -0.1) is 10.2 Å². The molecule has 1 aromatic rings. The lowest BCUT2D eigenvalue weighted by atomic mass is 10.2. The van der Waals surface area contributed by atoms with Crippen LogP contribution in [0.3, 0.4) is 0 Å². The van der Waals surface area contributed by atoms with E-state index in [1.54, 1.807) is 11.3 Å². The predicted octanol–water partition coefficient (Wildman–Crippen LogP) is 3.63. The topological polar surface area (TPSA) is 58.1 Å². The summed E-state index contributed by atoms with van der Waals surface area (Å²) in [5.41, 5.74) is 0. The molecule has 7 heteroatoms. The SMILES string of the molecule is CC(C)CNc1nnc(SCC(=O)N(C2CCCC2)C2CC2)s1. The Kier molecular flexibility index (Phi) is 5.80. The summed E-state index contributed by atoms with van der Waals surface area (Å²) in [5.74, 6) is 1.36. The highest BCUT2D eigenvalue weighted by Crippen LogP contribution is 2.35. The smallest absolute Gasteiger partial charge is 0.233 e. The van der Waals surface area contributed by atoms with E-state index < -0.39 is 0 Å². The number of hydrogen-bond acceptors (Lipinski definition) is 6. The molecular formula is C16H26N4OS2. The molecule has 0 saturated heterocycles. The molecule has 2 aliphatic rings. The number of nitrogens with one attached hydrogen (secondary N) is 1. The van der Waals surface area contributed by atoms with Gasteiger partial charge in [-0.3, -0.25) is 4.79 Å². The van der Waals surface area contributed by atoms with Gasteiger partial charge in [-0.05, 0) is 31.6 Å². The van der Waals surface area contributed by atoms with Gasteiger partial charge in [0.2, 0.25) is 11.0 Å². The number of carbonyl (C=O) groups is 1. The highest BCUT2D eigenvalue weighted by Gasteiger charge is 2.38. The second-order valence-corrected chi connectivity index (χ2v) is 9.11. The zero-order valence-corrected chi connectivity index (χ0v) is 15.6. The Balaban J connectivity index is 1.49. The van der Waals surface area contributed by atoms with Crippen molar-refractivity contribution in [1.29, 1.82) is 0 Å². The van der Waals surface area contributed by atoms with Crippen molar-refractivity contribution in [3.63, 3.8) is 0 Å². The first-order chi connectivity index (χ1) is 11.1. The minimum absolute atomic E-state index is 0.288. The van der Waals surface area contributed by atoms with Gasteiger partial charge >= 0.3 is 0 Å². The number of carbonyl (C=O) groups excluding carboxylic acids is 1. The molecule has 0 atom stereocenters. The summed E-state index contributed by atoms with van der Waals surface area (Å²) < 4.78 is 0.881. The maximum Gasteiger partial charge on any atom is 0.233 e. The molecule has 0 spiro atoms. The molecule has 1 heterocycles. The molecule has 23 heavy (non-hydrogen) atoms. The molecule has 128 valence electrons. The minimum atomic E-state index is 0.288. The fraction of sp³-hybridized carbons (Fsp3) is 0.812. The number of thioether (sulfide) groups is 1. The van der Waals surface area contributed by atoms with Crippen molar-refractivity contribution >= 4 is 34.1 Å². The van der Waals surface area contributed by atoms with Crippen molar-refractivity contribution in [3.8, 4) is 0 Å². The van der Waals surface area contributed by atoms with Crippen LogP contribution in [0.25, 0.3) is 0 Å². The minimum Gasteiger partial charge on any atom is -0.360 e. The Hall–Kier alpha value is -0.820. The average Bonchev–Trinajstić information content (AvgIpc) is 3.02. The summed E-state index contributed by atoms with van der Waals surface area (Å²) in [4.78, 5) is 14.8. The van der Waals surface area contributed by atoms with Gasteiger partial charge in [0.1, 0.15) is 0 Å². The highest BCUT2D eigenvalue weighted by atomic mass is 32.2. The number of hydrogen-bond donors (Lipinski definition) is 1. The van der Waals surface area contributed by atoms with Gasteiger partial charge in [0.05, 0.1) is 5.75 Å². The van der Waals surface area contributed by atoms with E-state index in [9.17, 15) is 4.79 Å². The van der Waals surface area contributed by atoms with Crippen molar-refractivity contribution in [1.82, 2.24) is 15.1 Å². The lowest BCUT2D eigenvalue weighted by molar-refractivity contribution is -0.131. The fourth-order valence-electron chi connectivity index (χ4n) is 3.07. The van der Waals surface area contributed by atoms with Crippen molar-refractivity contribution < 1.29 is 4.79 Å². The van der Waals surface area contributed by atoms with E-state index in [0.717, 1.165) is 16.0 Å². The monoisotopic (exact) mass is 354 g/mol. The van der Waals surface area contributed by atoms with E-state index in [-0.39, 0.29) is 5.91 Å². The summed E-state index contributed by atoms with van der Waals surface area (Å²) in [7, 11) is 0. The second kappa shape index (κ2) is 7.83. The van der Waals surface area contributed by atoms with E-state index in [4.69, 9.17) is 0 Å². The van der Waals surface area contributed by atoms with Gasteiger partial charge in [0, 0.05) is 18.6 Å². The van der Waals surface area contributed by atoms with Crippen LogP contribution in [0.15, 0.2) is 4.34 Å². The zero-order valence-electron chi connectivity index (χ0n) is 14.0. The van der Waals surface area contributed by atoms with Gasteiger partial charge in [0.15, 0.2) is 4.34 Å². The average molecular weight is 355 g/mol. The van der Waals surface area contributed by atoms with Crippen LogP contribution in [0, 0.1) is 5.92 Å². The van der Waals surface area contributed by atoms with E-state index in [2.05, 4.69) is 34.3 Å². The molecule has 0 bridgehead atoms. The van der Waals surface area contributed by atoms with Crippen LogP contribution >= 0.6 is 23.1 Å². The van der Waals surface area contributed by atoms with Crippen molar-refractivity contribution in [3.05, 3.63) is 0 Å². The van der Waals surface area contributed by atoms with E-state index in [1.165, 1.54) is 50.3 Å². The summed E-state index contributed by atoms with van der Waals surface area (Å²) in [6, 6.07) is 1.01. The zero-order chi connectivity index (χ0) is 16.2. The first-order valence-corrected chi connectivity index (χ1v) is 10.4. The number of aromatic nitrogens is 2. The molecule has 5 nitrogen and oxygen atoms in total. The number of anilines is 1. The first-order valence-electron chi connectivity index (χ1n) is 8.65. The van der Waals surface area contributed by atoms with Gasteiger partial charge < -0.3 is 10.2 Å². The van der Waals surface area contributed by atoms with Crippen LogP contribution < -0.4 is 5.32 Å². The van der Waals surface area contributed by atoms with Crippen LogP contribution in [0.2, 0.25) is 0 Å². The third-order valence-electron chi connectivity index (χ3n) is 4.33. The van der Waals surface area contributed by atoms with E-state index in [0.29, 0.717) is 23.8 Å². The Morgan fingerprint density at radius 3 is 2.61 bits per heavy atom. The number of rotatable bonds is 8. The van der Waals surface area contributed by atoms with Crippen molar-refractivity contribution in [2.75, 3.05) is 17.6 Å². The molecule has 2 aliphatic carbocycles. The van der Waals surface area contributed by atoms with Crippen LogP contribution in [-0.2, 0) is 4.79 Å². The summed E-state index contributed by atoms with van der Waals surface area (Å²) in [6.07, 6.45) is 7.30. The Labute approximate surface area is 146 Å². The predicted molar refractivity (Wildman–Crippen MR) is 96.1 cm³/mol. The Morgan fingerprint density at radius 1 is 1.26 bits per heavy atom. The summed E-state index contributed by atoms with van der Waals surface area (Å²) >= 11 is 3.07. The second-order valence-electron chi connectivity index (χ2n) is 6.91. The Morgan fingerprint density at radius 2 is 1.96 bits per heavy atom. The van der Waals surface area contributed by atoms with Crippen LogP contribution in [0.5, 0.6) is 0 Å². The van der Waals surface area contributed by atoms with Gasteiger partial charge in [0.25, 0.3) is 0 Å². The molecule has 2 saturated carbocycles. The van der Waals surface area contributed by atoms with Gasteiger partial charge in [-0.1, -0.05) is 49.8 Å². The van der Waals surface area contributed by atoms with Gasteiger partial charge in [-0.25, -0.2) is 0 Å². The normalized spacial score (nSPS) is 18.6. The number of nitrogens with zero attached hydrogens (tertiary/aromatic N) is 3. The molecule has 3 rings (SSSR count). The van der Waals surface area contributed by atoms with E-state index >= 15 is 0 Å². The molecule has 1 N–H and O–H groups in total. The van der Waals surface area contributed by atoms with Crippen molar-refractivity contribution in [2.45, 2.75) is 68.8 Å². The van der Waals surface area contributed by atoms with E-state index in [1.807, 2.05) is 0 Å². The van der Waals surface area contributed by atoms with Crippen LogP contribution in [-0.4, -0.2) is 45.4 Å². The number of amides is 1. The molecule has 0 aromatic carbocycles. The maximum absolute atomic E-state index is 12.7. The van der Waals surface area contributed by atoms with Crippen LogP contribution in [0.1, 0.15) is 52.4 Å². The highest BCUT2D eigenvalue weighted by molar-refractivity contribution is 8.01. The summed E-state index contributed by atoms with van der Waals surface area (Å²) in [5, 5.41) is 12.5. The molecule has 1 aromatic heterocycles. The quantitative estimate of drug-likeness (QED) is 0.722. The Bertz CT molecular complexity index is 524. The molecule has 0 unspecified atom stereocenters. The standard InChI is InChI=1S/C16H26N4OS2/c1-11(2)9-17-15-18-19-16(23-15)22-10-14(21)20(13-7-8-13)12-5-3-4-6-12/h11-13H,3-10H2,1-2H3,(H,17,18). The van der Waals surface area contributed by atoms with Crippen LogP contribution in [0.4, 0.5) is 5.13 Å². The third kappa shape index (κ3) is 4.83. The molecule has 1 amide bonds. The lowest BCUT2D eigenvalue weighted by Gasteiger charge is -2.28. The largest absolute Gasteiger partial charge is 0.360 e. The maximum atomic E-state index is 12.7.